The molecule has 6 heteroatoms. The molecule has 0 aromatic heterocycles. The summed E-state index contributed by atoms with van der Waals surface area (Å²) in [5, 5.41) is 18.9. The highest BCUT2D eigenvalue weighted by Crippen LogP contribution is 2.44. The van der Waals surface area contributed by atoms with E-state index in [0.717, 1.165) is 4.90 Å². The Morgan fingerprint density at radius 1 is 1.35 bits per heavy atom. The van der Waals surface area contributed by atoms with E-state index in [1.54, 1.807) is 30.3 Å². The molecule has 0 spiro atoms. The Morgan fingerprint density at radius 2 is 2.00 bits per heavy atom. The standard InChI is InChI=1S/C14H13NO5/c1-7(16)9-12(17)15-10(14(18)19)11(20-13(9)15)8-5-3-2-4-6-8/h2-7,9,13,16H,1H3,(H,18,19)/t7-,9+,13-/m1/s1. The van der Waals surface area contributed by atoms with Crippen LogP contribution >= 0.6 is 0 Å². The molecule has 1 amide bonds. The van der Waals surface area contributed by atoms with Crippen LogP contribution in [0.15, 0.2) is 36.0 Å². The molecule has 2 aliphatic rings. The first-order chi connectivity index (χ1) is 9.52. The van der Waals surface area contributed by atoms with Crippen molar-refractivity contribution in [3.05, 3.63) is 41.6 Å². The SMILES string of the molecule is C[C@@H](O)[C@H]1C(=O)N2C(C(=O)O)=C(c3ccccc3)O[C@H]12. The van der Waals surface area contributed by atoms with Crippen molar-refractivity contribution >= 4 is 17.6 Å². The van der Waals surface area contributed by atoms with Crippen molar-refractivity contribution in [2.45, 2.75) is 19.3 Å². The van der Waals surface area contributed by atoms with Crippen LogP contribution in [-0.2, 0) is 14.3 Å². The quantitative estimate of drug-likeness (QED) is 0.790. The van der Waals surface area contributed by atoms with Gasteiger partial charge in [-0.05, 0) is 6.92 Å². The fraction of sp³-hybridized carbons (Fsp3) is 0.286. The minimum absolute atomic E-state index is 0.164. The van der Waals surface area contributed by atoms with Crippen molar-refractivity contribution in [3.8, 4) is 0 Å². The molecule has 0 radical (unpaired) electrons. The van der Waals surface area contributed by atoms with Gasteiger partial charge in [-0.25, -0.2) is 4.79 Å². The maximum Gasteiger partial charge on any atom is 0.356 e. The summed E-state index contributed by atoms with van der Waals surface area (Å²) in [4.78, 5) is 24.5. The van der Waals surface area contributed by atoms with Crippen LogP contribution in [0.25, 0.3) is 5.76 Å². The number of aliphatic carboxylic acids is 1. The second-order valence-electron chi connectivity index (χ2n) is 4.83. The summed E-state index contributed by atoms with van der Waals surface area (Å²) in [6.45, 7) is 1.49. The highest BCUT2D eigenvalue weighted by Gasteiger charge is 2.59. The van der Waals surface area contributed by atoms with E-state index in [1.807, 2.05) is 0 Å². The number of amides is 1. The number of fused-ring (bicyclic) bond motifs is 1. The minimum Gasteiger partial charge on any atom is -0.476 e. The molecule has 104 valence electrons. The van der Waals surface area contributed by atoms with E-state index in [4.69, 9.17) is 4.74 Å². The van der Waals surface area contributed by atoms with Crippen molar-refractivity contribution in [2.75, 3.05) is 0 Å². The van der Waals surface area contributed by atoms with Gasteiger partial charge in [-0.15, -0.1) is 0 Å². The molecule has 2 heterocycles. The molecule has 1 fully saturated rings. The number of aliphatic hydroxyl groups is 1. The Kier molecular flexibility index (Phi) is 2.76. The van der Waals surface area contributed by atoms with E-state index in [2.05, 4.69) is 0 Å². The first-order valence-electron chi connectivity index (χ1n) is 6.23. The number of aliphatic hydroxyl groups excluding tert-OH is 1. The van der Waals surface area contributed by atoms with Crippen LogP contribution in [0.4, 0.5) is 0 Å². The Morgan fingerprint density at radius 3 is 2.55 bits per heavy atom. The summed E-state index contributed by atoms with van der Waals surface area (Å²) in [7, 11) is 0. The van der Waals surface area contributed by atoms with Gasteiger partial charge in [0.1, 0.15) is 5.92 Å². The average molecular weight is 275 g/mol. The molecule has 2 aliphatic heterocycles. The summed E-state index contributed by atoms with van der Waals surface area (Å²) in [5.74, 6) is -2.19. The fourth-order valence-corrected chi connectivity index (χ4v) is 2.57. The number of ether oxygens (including phenoxy) is 1. The van der Waals surface area contributed by atoms with E-state index in [0.29, 0.717) is 5.56 Å². The average Bonchev–Trinajstić information content (AvgIpc) is 2.74. The third-order valence-corrected chi connectivity index (χ3v) is 3.54. The molecule has 1 aromatic rings. The molecule has 0 saturated carbocycles. The van der Waals surface area contributed by atoms with E-state index in [-0.39, 0.29) is 11.5 Å². The number of carbonyl (C=O) groups excluding carboxylic acids is 1. The number of nitrogens with zero attached hydrogens (tertiary/aromatic N) is 1. The molecule has 6 nitrogen and oxygen atoms in total. The van der Waals surface area contributed by atoms with Crippen molar-refractivity contribution in [3.63, 3.8) is 0 Å². The second-order valence-corrected chi connectivity index (χ2v) is 4.83. The zero-order valence-corrected chi connectivity index (χ0v) is 10.7. The molecular weight excluding hydrogens is 262 g/mol. The van der Waals surface area contributed by atoms with Crippen molar-refractivity contribution in [2.24, 2.45) is 5.92 Å². The Hall–Kier alpha value is -2.34. The molecule has 2 N–H and O–H groups in total. The number of carbonyl (C=O) groups is 2. The van der Waals surface area contributed by atoms with Gasteiger partial charge in [-0.3, -0.25) is 9.69 Å². The lowest BCUT2D eigenvalue weighted by molar-refractivity contribution is -0.179. The van der Waals surface area contributed by atoms with Crippen LogP contribution in [0.2, 0.25) is 0 Å². The third-order valence-electron chi connectivity index (χ3n) is 3.54. The smallest absolute Gasteiger partial charge is 0.356 e. The van der Waals surface area contributed by atoms with Gasteiger partial charge in [-0.2, -0.15) is 0 Å². The number of carboxylic acids is 1. The van der Waals surface area contributed by atoms with Gasteiger partial charge in [0.2, 0.25) is 5.91 Å². The molecule has 0 aliphatic carbocycles. The maximum atomic E-state index is 12.0. The summed E-state index contributed by atoms with van der Waals surface area (Å²) in [6, 6.07) is 8.75. The predicted molar refractivity (Wildman–Crippen MR) is 67.9 cm³/mol. The van der Waals surface area contributed by atoms with Crippen molar-refractivity contribution < 1.29 is 24.5 Å². The number of benzene rings is 1. The fourth-order valence-electron chi connectivity index (χ4n) is 2.57. The molecular formula is C14H13NO5. The van der Waals surface area contributed by atoms with Gasteiger partial charge < -0.3 is 14.9 Å². The monoisotopic (exact) mass is 275 g/mol. The van der Waals surface area contributed by atoms with Crippen LogP contribution in [0.1, 0.15) is 12.5 Å². The highest BCUT2D eigenvalue weighted by atomic mass is 16.5. The Labute approximate surface area is 114 Å². The largest absolute Gasteiger partial charge is 0.476 e. The molecule has 0 unspecified atom stereocenters. The minimum atomic E-state index is -1.22. The lowest BCUT2D eigenvalue weighted by Crippen LogP contribution is -2.62. The molecule has 20 heavy (non-hydrogen) atoms. The lowest BCUT2D eigenvalue weighted by atomic mass is 9.90. The highest BCUT2D eigenvalue weighted by molar-refractivity contribution is 6.03. The number of rotatable bonds is 3. The Balaban J connectivity index is 2.03. The van der Waals surface area contributed by atoms with E-state index in [9.17, 15) is 19.8 Å². The molecule has 1 aromatic carbocycles. The third kappa shape index (κ3) is 1.61. The lowest BCUT2D eigenvalue weighted by Gasteiger charge is -2.42. The molecule has 1 saturated heterocycles. The Bertz CT molecular complexity index is 607. The summed E-state index contributed by atoms with van der Waals surface area (Å²) in [5.41, 5.74) is 0.430. The number of hydrogen-bond donors (Lipinski definition) is 2. The van der Waals surface area contributed by atoms with Gasteiger partial charge in [0, 0.05) is 5.56 Å². The van der Waals surface area contributed by atoms with Gasteiger partial charge >= 0.3 is 5.97 Å². The van der Waals surface area contributed by atoms with Gasteiger partial charge in [0.05, 0.1) is 6.10 Å². The first kappa shape index (κ1) is 12.7. The van der Waals surface area contributed by atoms with Crippen LogP contribution in [0, 0.1) is 5.92 Å². The van der Waals surface area contributed by atoms with Crippen LogP contribution in [0.3, 0.4) is 0 Å². The summed E-state index contributed by atoms with van der Waals surface area (Å²) < 4.78 is 5.61. The van der Waals surface area contributed by atoms with Gasteiger partial charge in [0.15, 0.2) is 17.7 Å². The van der Waals surface area contributed by atoms with Crippen LogP contribution < -0.4 is 0 Å². The summed E-state index contributed by atoms with van der Waals surface area (Å²) in [6.07, 6.45) is -1.61. The van der Waals surface area contributed by atoms with Crippen LogP contribution in [0.5, 0.6) is 0 Å². The maximum absolute atomic E-state index is 12.0. The molecule has 0 bridgehead atoms. The predicted octanol–water partition coefficient (Wildman–Crippen LogP) is 0.635. The zero-order chi connectivity index (χ0) is 14.4. The van der Waals surface area contributed by atoms with Gasteiger partial charge in [0.25, 0.3) is 0 Å². The van der Waals surface area contributed by atoms with Crippen molar-refractivity contribution in [1.29, 1.82) is 0 Å². The van der Waals surface area contributed by atoms with Gasteiger partial charge in [-0.1, -0.05) is 30.3 Å². The van der Waals surface area contributed by atoms with Crippen molar-refractivity contribution in [1.82, 2.24) is 4.90 Å². The number of hydrogen-bond acceptors (Lipinski definition) is 4. The first-order valence-corrected chi connectivity index (χ1v) is 6.23. The summed E-state index contributed by atoms with van der Waals surface area (Å²) >= 11 is 0. The number of β-lactam (4-membered cyclic amide) rings is 1. The van der Waals surface area contributed by atoms with E-state index < -0.39 is 30.1 Å². The number of carboxylic acid groups (broad SMARTS) is 1. The second kappa shape index (κ2) is 4.35. The van der Waals surface area contributed by atoms with E-state index >= 15 is 0 Å². The van der Waals surface area contributed by atoms with E-state index in [1.165, 1.54) is 6.92 Å². The topological polar surface area (TPSA) is 87.1 Å². The zero-order valence-electron chi connectivity index (χ0n) is 10.7. The molecule has 3 rings (SSSR count). The normalized spacial score (nSPS) is 25.9. The molecule has 3 atom stereocenters. The van der Waals surface area contributed by atoms with Crippen LogP contribution in [-0.4, -0.2) is 39.3 Å².